The van der Waals surface area contributed by atoms with Crippen LogP contribution in [0.4, 0.5) is 8.78 Å². The Balaban J connectivity index is 2.02. The van der Waals surface area contributed by atoms with Gasteiger partial charge in [0, 0.05) is 40.7 Å². The molecule has 31 heavy (non-hydrogen) atoms. The number of halogens is 3. The van der Waals surface area contributed by atoms with Crippen molar-refractivity contribution in [1.82, 2.24) is 9.97 Å². The highest BCUT2D eigenvalue weighted by Gasteiger charge is 2.22. The lowest BCUT2D eigenvalue weighted by atomic mass is 10.0. The molecule has 6 nitrogen and oxygen atoms in total. The Kier molecular flexibility index (Phi) is 5.10. The van der Waals surface area contributed by atoms with E-state index in [1.54, 1.807) is 6.92 Å². The molecule has 0 aliphatic heterocycles. The molecular formula is C21H15ClF2N2O4S. The SMILES string of the molecule is Cc1[nH]c2c(=O)[nH]cc(Cl)c2c1-c1cc(S(C)(=O)=O)ccc1Oc1ccc(F)cc1F. The van der Waals surface area contributed by atoms with Crippen molar-refractivity contribution in [3.63, 3.8) is 0 Å². The molecular weight excluding hydrogens is 450 g/mol. The van der Waals surface area contributed by atoms with Crippen LogP contribution in [0.3, 0.4) is 0 Å². The fourth-order valence-corrected chi connectivity index (χ4v) is 4.24. The van der Waals surface area contributed by atoms with Crippen molar-refractivity contribution in [1.29, 1.82) is 0 Å². The molecule has 2 N–H and O–H groups in total. The molecule has 0 saturated carbocycles. The monoisotopic (exact) mass is 464 g/mol. The van der Waals surface area contributed by atoms with Gasteiger partial charge in [-0.2, -0.15) is 0 Å². The van der Waals surface area contributed by atoms with Crippen LogP contribution < -0.4 is 10.3 Å². The Labute approximate surface area is 180 Å². The van der Waals surface area contributed by atoms with Gasteiger partial charge in [0.1, 0.15) is 17.1 Å². The third-order valence-corrected chi connectivity index (χ3v) is 6.15. The highest BCUT2D eigenvalue weighted by atomic mass is 35.5. The van der Waals surface area contributed by atoms with Gasteiger partial charge < -0.3 is 14.7 Å². The summed E-state index contributed by atoms with van der Waals surface area (Å²) in [4.78, 5) is 17.7. The molecule has 0 fully saturated rings. The molecule has 4 rings (SSSR count). The van der Waals surface area contributed by atoms with Crippen LogP contribution in [0.15, 0.2) is 52.3 Å². The van der Waals surface area contributed by atoms with Crippen molar-refractivity contribution in [3.8, 4) is 22.6 Å². The number of hydrogen-bond acceptors (Lipinski definition) is 4. The fourth-order valence-electron chi connectivity index (χ4n) is 3.34. The minimum Gasteiger partial charge on any atom is -0.454 e. The average molecular weight is 465 g/mol. The largest absolute Gasteiger partial charge is 0.454 e. The van der Waals surface area contributed by atoms with Gasteiger partial charge in [0.2, 0.25) is 0 Å². The first kappa shape index (κ1) is 21.1. The molecule has 2 heterocycles. The second-order valence-corrected chi connectivity index (χ2v) is 9.37. The van der Waals surface area contributed by atoms with Gasteiger partial charge in [0.25, 0.3) is 5.56 Å². The maximum Gasteiger partial charge on any atom is 0.272 e. The van der Waals surface area contributed by atoms with E-state index in [1.165, 1.54) is 24.4 Å². The van der Waals surface area contributed by atoms with E-state index in [4.69, 9.17) is 16.3 Å². The van der Waals surface area contributed by atoms with Crippen LogP contribution in [0.25, 0.3) is 22.0 Å². The van der Waals surface area contributed by atoms with Gasteiger partial charge >= 0.3 is 0 Å². The molecule has 0 atom stereocenters. The summed E-state index contributed by atoms with van der Waals surface area (Å²) in [7, 11) is -3.59. The van der Waals surface area contributed by atoms with E-state index >= 15 is 0 Å². The van der Waals surface area contributed by atoms with E-state index in [0.29, 0.717) is 22.7 Å². The number of H-pyrrole nitrogens is 2. The third kappa shape index (κ3) is 3.82. The highest BCUT2D eigenvalue weighted by Crippen LogP contribution is 2.42. The first-order valence-electron chi connectivity index (χ1n) is 8.93. The van der Waals surface area contributed by atoms with Crippen molar-refractivity contribution < 1.29 is 21.9 Å². The van der Waals surface area contributed by atoms with Crippen molar-refractivity contribution in [3.05, 3.63) is 75.3 Å². The molecule has 4 aromatic rings. The number of fused-ring (bicyclic) bond motifs is 1. The minimum absolute atomic E-state index is 0.0101. The summed E-state index contributed by atoms with van der Waals surface area (Å²) in [5.74, 6) is -1.85. The van der Waals surface area contributed by atoms with Gasteiger partial charge in [-0.25, -0.2) is 17.2 Å². The zero-order valence-corrected chi connectivity index (χ0v) is 17.8. The van der Waals surface area contributed by atoms with Gasteiger partial charge in [-0.15, -0.1) is 0 Å². The van der Waals surface area contributed by atoms with E-state index < -0.39 is 27.0 Å². The van der Waals surface area contributed by atoms with Crippen LogP contribution in [-0.4, -0.2) is 24.6 Å². The Bertz CT molecular complexity index is 1510. The normalized spacial score (nSPS) is 11.8. The van der Waals surface area contributed by atoms with Crippen molar-refractivity contribution >= 4 is 32.3 Å². The predicted octanol–water partition coefficient (Wildman–Crippen LogP) is 4.96. The van der Waals surface area contributed by atoms with Crippen LogP contribution >= 0.6 is 11.6 Å². The highest BCUT2D eigenvalue weighted by molar-refractivity contribution is 7.90. The predicted molar refractivity (Wildman–Crippen MR) is 114 cm³/mol. The number of aromatic amines is 2. The summed E-state index contributed by atoms with van der Waals surface area (Å²) < 4.78 is 57.5. The number of benzene rings is 2. The molecule has 2 aromatic carbocycles. The number of aromatic nitrogens is 2. The molecule has 0 aliphatic carbocycles. The van der Waals surface area contributed by atoms with Crippen LogP contribution in [0.5, 0.6) is 11.5 Å². The summed E-state index contributed by atoms with van der Waals surface area (Å²) in [6, 6.07) is 6.88. The molecule has 0 unspecified atom stereocenters. The molecule has 0 spiro atoms. The zero-order chi connectivity index (χ0) is 22.5. The summed E-state index contributed by atoms with van der Waals surface area (Å²) in [5, 5.41) is 0.579. The maximum absolute atomic E-state index is 14.2. The number of pyridine rings is 1. The number of rotatable bonds is 4. The molecule has 2 aromatic heterocycles. The lowest BCUT2D eigenvalue weighted by molar-refractivity contribution is 0.438. The average Bonchev–Trinajstić information content (AvgIpc) is 3.04. The summed E-state index contributed by atoms with van der Waals surface area (Å²) in [6.45, 7) is 1.68. The van der Waals surface area contributed by atoms with Gasteiger partial charge in [0.05, 0.1) is 9.92 Å². The second-order valence-electron chi connectivity index (χ2n) is 6.95. The summed E-state index contributed by atoms with van der Waals surface area (Å²) in [5.41, 5.74) is 0.990. The lowest BCUT2D eigenvalue weighted by Crippen LogP contribution is -2.04. The zero-order valence-electron chi connectivity index (χ0n) is 16.2. The number of ether oxygens (including phenoxy) is 1. The van der Waals surface area contributed by atoms with E-state index in [2.05, 4.69) is 9.97 Å². The third-order valence-electron chi connectivity index (χ3n) is 4.75. The minimum atomic E-state index is -3.59. The van der Waals surface area contributed by atoms with Crippen molar-refractivity contribution in [2.75, 3.05) is 6.26 Å². The number of nitrogens with one attached hydrogen (secondary N) is 2. The first-order valence-corrected chi connectivity index (χ1v) is 11.2. The standard InChI is InChI=1S/C21H15ClF2N2O4S/c1-10-18(19-14(22)9-25-21(27)20(19)26-10)13-8-12(31(2,28)29)4-6-16(13)30-17-5-3-11(23)7-15(17)24/h3-9,26H,1-2H3,(H,25,27). The van der Waals surface area contributed by atoms with Crippen molar-refractivity contribution in [2.24, 2.45) is 0 Å². The molecule has 0 aliphatic rings. The fraction of sp³-hybridized carbons (Fsp3) is 0.0952. The molecule has 0 radical (unpaired) electrons. The van der Waals surface area contributed by atoms with Gasteiger partial charge in [-0.05, 0) is 37.3 Å². The van der Waals surface area contributed by atoms with E-state index in [9.17, 15) is 22.0 Å². The Morgan fingerprint density at radius 3 is 2.45 bits per heavy atom. The molecule has 160 valence electrons. The second kappa shape index (κ2) is 7.51. The Morgan fingerprint density at radius 1 is 1.06 bits per heavy atom. The molecule has 10 heteroatoms. The van der Waals surface area contributed by atoms with Crippen LogP contribution in [0.1, 0.15) is 5.69 Å². The van der Waals surface area contributed by atoms with E-state index in [-0.39, 0.29) is 32.5 Å². The molecule has 0 amide bonds. The number of sulfone groups is 1. The molecule has 0 saturated heterocycles. The van der Waals surface area contributed by atoms with Gasteiger partial charge in [-0.1, -0.05) is 11.6 Å². The van der Waals surface area contributed by atoms with Crippen molar-refractivity contribution in [2.45, 2.75) is 11.8 Å². The molecule has 0 bridgehead atoms. The topological polar surface area (TPSA) is 92.0 Å². The maximum atomic E-state index is 14.2. The quantitative estimate of drug-likeness (QED) is 0.446. The van der Waals surface area contributed by atoms with Crippen LogP contribution in [0, 0.1) is 18.6 Å². The Morgan fingerprint density at radius 2 is 1.77 bits per heavy atom. The van der Waals surface area contributed by atoms with Crippen LogP contribution in [-0.2, 0) is 9.84 Å². The van der Waals surface area contributed by atoms with E-state index in [1.807, 2.05) is 0 Å². The lowest BCUT2D eigenvalue weighted by Gasteiger charge is -2.14. The van der Waals surface area contributed by atoms with E-state index in [0.717, 1.165) is 18.4 Å². The number of aryl methyl sites for hydroxylation is 1. The Hall–Kier alpha value is -3.17. The van der Waals surface area contributed by atoms with Gasteiger partial charge in [0.15, 0.2) is 21.4 Å². The first-order chi connectivity index (χ1) is 14.6. The summed E-state index contributed by atoms with van der Waals surface area (Å²) >= 11 is 6.33. The van der Waals surface area contributed by atoms with Crippen LogP contribution in [0.2, 0.25) is 5.02 Å². The smallest absolute Gasteiger partial charge is 0.272 e. The summed E-state index contributed by atoms with van der Waals surface area (Å²) in [6.07, 6.45) is 2.37. The van der Waals surface area contributed by atoms with Gasteiger partial charge in [-0.3, -0.25) is 4.79 Å². The number of hydrogen-bond donors (Lipinski definition) is 2.